The molecule has 1 aromatic carbocycles. The predicted molar refractivity (Wildman–Crippen MR) is 85.8 cm³/mol. The van der Waals surface area contributed by atoms with Crippen LogP contribution >= 0.6 is 11.6 Å². The molecule has 0 aliphatic carbocycles. The molecule has 2 aromatic rings. The molecule has 0 spiro atoms. The normalized spacial score (nSPS) is 14.4. The molecule has 124 valence electrons. The summed E-state index contributed by atoms with van der Waals surface area (Å²) >= 11 is 6.04. The minimum Gasteiger partial charge on any atom is -0.490 e. The molecule has 7 nitrogen and oxygen atoms in total. The van der Waals surface area contributed by atoms with E-state index in [9.17, 15) is 8.42 Å². The fraction of sp³-hybridized carbons (Fsp3) is 0.357. The Bertz CT molecular complexity index is 848. The van der Waals surface area contributed by atoms with Crippen molar-refractivity contribution in [3.8, 4) is 11.5 Å². The minimum atomic E-state index is -3.85. The Balaban J connectivity index is 1.93. The molecule has 3 rings (SSSR count). The third-order valence-electron chi connectivity index (χ3n) is 3.37. The summed E-state index contributed by atoms with van der Waals surface area (Å²) in [7, 11) is -2.27. The maximum absolute atomic E-state index is 12.6. The number of aryl methyl sites for hydroxylation is 2. The predicted octanol–water partition coefficient (Wildman–Crippen LogP) is 2.34. The third kappa shape index (κ3) is 3.09. The topological polar surface area (TPSA) is 82.5 Å². The molecule has 0 saturated heterocycles. The molecule has 1 aliphatic heterocycles. The number of halogens is 1. The molecule has 0 unspecified atom stereocenters. The zero-order valence-corrected chi connectivity index (χ0v) is 14.2. The van der Waals surface area contributed by atoms with Crippen LogP contribution in [0.25, 0.3) is 0 Å². The Morgan fingerprint density at radius 2 is 1.96 bits per heavy atom. The van der Waals surface area contributed by atoms with E-state index < -0.39 is 10.0 Å². The van der Waals surface area contributed by atoms with Gasteiger partial charge in [0.25, 0.3) is 10.0 Å². The van der Waals surface area contributed by atoms with E-state index in [-0.39, 0.29) is 10.0 Å². The summed E-state index contributed by atoms with van der Waals surface area (Å²) in [4.78, 5) is -0.0335. The molecule has 1 N–H and O–H groups in total. The molecule has 9 heteroatoms. The average Bonchev–Trinajstić information content (AvgIpc) is 2.66. The number of fused-ring (bicyclic) bond motifs is 1. The Morgan fingerprint density at radius 3 is 2.61 bits per heavy atom. The molecule has 1 aliphatic rings. The van der Waals surface area contributed by atoms with Crippen LogP contribution in [0.1, 0.15) is 12.1 Å². The quantitative estimate of drug-likeness (QED) is 0.911. The van der Waals surface area contributed by atoms with E-state index in [4.69, 9.17) is 21.1 Å². The van der Waals surface area contributed by atoms with Gasteiger partial charge in [0.1, 0.15) is 10.0 Å². The number of nitrogens with zero attached hydrogens (tertiary/aromatic N) is 2. The van der Waals surface area contributed by atoms with E-state index in [1.807, 2.05) is 0 Å². The highest BCUT2D eigenvalue weighted by Crippen LogP contribution is 2.34. The van der Waals surface area contributed by atoms with Crippen LogP contribution in [0.15, 0.2) is 23.1 Å². The lowest BCUT2D eigenvalue weighted by Gasteiger charge is -2.11. The standard InChI is InChI=1S/C14H16ClN3O4S/c1-9-13(14(15)18(2)16-9)23(19,20)17-10-4-5-11-12(8-10)22-7-3-6-21-11/h4-5,8,17H,3,6-7H2,1-2H3. The van der Waals surface area contributed by atoms with Gasteiger partial charge in [-0.15, -0.1) is 0 Å². The smallest absolute Gasteiger partial charge is 0.266 e. The van der Waals surface area contributed by atoms with Crippen molar-refractivity contribution in [2.45, 2.75) is 18.2 Å². The number of nitrogens with one attached hydrogen (secondary N) is 1. The first-order chi connectivity index (χ1) is 10.9. The molecular formula is C14H16ClN3O4S. The molecule has 2 heterocycles. The van der Waals surface area contributed by atoms with Crippen LogP contribution in [0, 0.1) is 6.92 Å². The molecular weight excluding hydrogens is 342 g/mol. The highest BCUT2D eigenvalue weighted by Gasteiger charge is 2.25. The van der Waals surface area contributed by atoms with E-state index in [0.717, 1.165) is 6.42 Å². The van der Waals surface area contributed by atoms with Crippen molar-refractivity contribution in [1.82, 2.24) is 9.78 Å². The van der Waals surface area contributed by atoms with Gasteiger partial charge in [0.15, 0.2) is 11.5 Å². The van der Waals surface area contributed by atoms with Crippen LogP contribution in [0.2, 0.25) is 5.15 Å². The van der Waals surface area contributed by atoms with Gasteiger partial charge in [-0.05, 0) is 19.1 Å². The van der Waals surface area contributed by atoms with Gasteiger partial charge in [0, 0.05) is 19.5 Å². The maximum atomic E-state index is 12.6. The fourth-order valence-corrected chi connectivity index (χ4v) is 4.15. The summed E-state index contributed by atoms with van der Waals surface area (Å²) in [5.41, 5.74) is 0.702. The van der Waals surface area contributed by atoms with E-state index >= 15 is 0 Å². The zero-order chi connectivity index (χ0) is 16.6. The van der Waals surface area contributed by atoms with Gasteiger partial charge in [0.2, 0.25) is 0 Å². The lowest BCUT2D eigenvalue weighted by molar-refractivity contribution is 0.297. The van der Waals surface area contributed by atoms with Crippen molar-refractivity contribution in [3.05, 3.63) is 29.0 Å². The summed E-state index contributed by atoms with van der Waals surface area (Å²) in [5, 5.41) is 4.08. The average molecular weight is 358 g/mol. The number of rotatable bonds is 3. The zero-order valence-electron chi connectivity index (χ0n) is 12.7. The maximum Gasteiger partial charge on any atom is 0.266 e. The molecule has 0 saturated carbocycles. The molecule has 0 radical (unpaired) electrons. The minimum absolute atomic E-state index is 0.0335. The van der Waals surface area contributed by atoms with Crippen LogP contribution in [0.5, 0.6) is 11.5 Å². The molecule has 23 heavy (non-hydrogen) atoms. The second kappa shape index (κ2) is 5.93. The summed E-state index contributed by atoms with van der Waals surface area (Å²) in [6, 6.07) is 4.89. The Morgan fingerprint density at radius 1 is 1.26 bits per heavy atom. The Labute approximate surface area is 139 Å². The van der Waals surface area contributed by atoms with Crippen molar-refractivity contribution < 1.29 is 17.9 Å². The van der Waals surface area contributed by atoms with Crippen LogP contribution in [-0.4, -0.2) is 31.4 Å². The largest absolute Gasteiger partial charge is 0.490 e. The molecule has 0 bridgehead atoms. The lowest BCUT2D eigenvalue weighted by atomic mass is 10.3. The molecule has 1 aromatic heterocycles. The Hall–Kier alpha value is -1.93. The van der Waals surface area contributed by atoms with Gasteiger partial charge in [0.05, 0.1) is 24.6 Å². The molecule has 0 atom stereocenters. The summed E-state index contributed by atoms with van der Waals surface area (Å²) in [6.07, 6.45) is 0.778. The van der Waals surface area contributed by atoms with Gasteiger partial charge in [-0.1, -0.05) is 11.6 Å². The van der Waals surface area contributed by atoms with Crippen LogP contribution in [-0.2, 0) is 17.1 Å². The second-order valence-electron chi connectivity index (χ2n) is 5.15. The first-order valence-electron chi connectivity index (χ1n) is 7.00. The number of anilines is 1. The number of ether oxygens (including phenoxy) is 2. The Kier molecular flexibility index (Phi) is 4.11. The number of aromatic nitrogens is 2. The summed E-state index contributed by atoms with van der Waals surface area (Å²) < 4.78 is 40.0. The first-order valence-corrected chi connectivity index (χ1v) is 8.86. The number of hydrogen-bond donors (Lipinski definition) is 1. The molecule has 0 amide bonds. The lowest BCUT2D eigenvalue weighted by Crippen LogP contribution is -2.14. The van der Waals surface area contributed by atoms with Gasteiger partial charge >= 0.3 is 0 Å². The first kappa shape index (κ1) is 15.9. The number of benzene rings is 1. The number of hydrogen-bond acceptors (Lipinski definition) is 5. The van der Waals surface area contributed by atoms with Gasteiger partial charge in [-0.3, -0.25) is 9.40 Å². The fourth-order valence-electron chi connectivity index (χ4n) is 2.35. The van der Waals surface area contributed by atoms with E-state index in [1.54, 1.807) is 32.2 Å². The monoisotopic (exact) mass is 357 g/mol. The van der Waals surface area contributed by atoms with E-state index in [2.05, 4.69) is 9.82 Å². The second-order valence-corrected chi connectivity index (χ2v) is 7.12. The van der Waals surface area contributed by atoms with E-state index in [0.29, 0.717) is 36.1 Å². The van der Waals surface area contributed by atoms with Crippen molar-refractivity contribution in [3.63, 3.8) is 0 Å². The van der Waals surface area contributed by atoms with E-state index in [1.165, 1.54) is 4.68 Å². The van der Waals surface area contributed by atoms with Crippen molar-refractivity contribution >= 4 is 27.3 Å². The van der Waals surface area contributed by atoms with Crippen LogP contribution < -0.4 is 14.2 Å². The SMILES string of the molecule is Cc1nn(C)c(Cl)c1S(=O)(=O)Nc1ccc2c(c1)OCCCO2. The van der Waals surface area contributed by atoms with Crippen LogP contribution in [0.3, 0.4) is 0 Å². The van der Waals surface area contributed by atoms with Crippen molar-refractivity contribution in [1.29, 1.82) is 0 Å². The third-order valence-corrected chi connectivity index (χ3v) is 5.44. The van der Waals surface area contributed by atoms with Crippen LogP contribution in [0.4, 0.5) is 5.69 Å². The van der Waals surface area contributed by atoms with Gasteiger partial charge < -0.3 is 9.47 Å². The van der Waals surface area contributed by atoms with Gasteiger partial charge in [-0.25, -0.2) is 8.42 Å². The van der Waals surface area contributed by atoms with Crippen molar-refractivity contribution in [2.75, 3.05) is 17.9 Å². The summed E-state index contributed by atoms with van der Waals surface area (Å²) in [6.45, 7) is 2.69. The molecule has 0 fully saturated rings. The van der Waals surface area contributed by atoms with Crippen molar-refractivity contribution in [2.24, 2.45) is 7.05 Å². The highest BCUT2D eigenvalue weighted by atomic mass is 35.5. The number of sulfonamides is 1. The summed E-state index contributed by atoms with van der Waals surface area (Å²) in [5.74, 6) is 1.11. The highest BCUT2D eigenvalue weighted by molar-refractivity contribution is 7.92. The van der Waals surface area contributed by atoms with Gasteiger partial charge in [-0.2, -0.15) is 5.10 Å².